The molecule has 0 radical (unpaired) electrons. The van der Waals surface area contributed by atoms with Crippen LogP contribution in [0.3, 0.4) is 0 Å². The van der Waals surface area contributed by atoms with Crippen LogP contribution in [0, 0.1) is 0 Å². The van der Waals surface area contributed by atoms with Gasteiger partial charge in [0.25, 0.3) is 11.6 Å². The lowest BCUT2D eigenvalue weighted by atomic mass is 9.96. The number of carboxylic acid groups (broad SMARTS) is 1. The van der Waals surface area contributed by atoms with Crippen LogP contribution in [0.25, 0.3) is 0 Å². The third kappa shape index (κ3) is 5.94. The van der Waals surface area contributed by atoms with E-state index in [4.69, 9.17) is 10.5 Å². The average molecular weight is 599 g/mol. The van der Waals surface area contributed by atoms with Crippen LogP contribution < -0.4 is 15.8 Å². The fraction of sp³-hybridized carbons (Fsp3) is 0.429. The molecule has 4 rings (SSSR count). The van der Waals surface area contributed by atoms with Gasteiger partial charge in [0.15, 0.2) is 0 Å². The molecule has 3 heterocycles. The number of ether oxygens (including phenoxy) is 1. The highest BCUT2D eigenvalue weighted by Crippen LogP contribution is 2.49. The molecule has 2 unspecified atom stereocenters. The normalized spacial score (nSPS) is 22.6. The number of β-lactam (4-membered cyclic amide) rings is 1. The van der Waals surface area contributed by atoms with E-state index >= 15 is 0 Å². The zero-order valence-corrected chi connectivity index (χ0v) is 23.2. The Labute approximate surface area is 231 Å². The molecule has 0 saturated carbocycles. The lowest BCUT2D eigenvalue weighted by Gasteiger charge is -2.56. The van der Waals surface area contributed by atoms with Gasteiger partial charge in [0.05, 0.1) is 6.26 Å². The predicted molar refractivity (Wildman–Crippen MR) is 140 cm³/mol. The molecule has 4 atom stereocenters. The van der Waals surface area contributed by atoms with E-state index in [1.54, 1.807) is 30.3 Å². The van der Waals surface area contributed by atoms with E-state index in [-0.39, 0.29) is 29.6 Å². The Bertz CT molecular complexity index is 1370. The predicted octanol–water partition coefficient (Wildman–Crippen LogP) is -0.988. The van der Waals surface area contributed by atoms with Crippen molar-refractivity contribution in [1.82, 2.24) is 35.6 Å². The summed E-state index contributed by atoms with van der Waals surface area (Å²) in [6.45, 7) is 0.00590. The van der Waals surface area contributed by atoms with Crippen LogP contribution in [-0.2, 0) is 29.1 Å². The number of methoxy groups -OCH3 is 1. The van der Waals surface area contributed by atoms with Crippen molar-refractivity contribution in [2.75, 3.05) is 25.7 Å². The van der Waals surface area contributed by atoms with Crippen molar-refractivity contribution in [3.8, 4) is 0 Å². The second kappa shape index (κ2) is 11.6. The summed E-state index contributed by atoms with van der Waals surface area (Å²) < 4.78 is 31.0. The largest absolute Gasteiger partial charge is 0.477 e. The maximum Gasteiger partial charge on any atom is 0.352 e. The Morgan fingerprint density at radius 2 is 2.10 bits per heavy atom. The van der Waals surface area contributed by atoms with Crippen molar-refractivity contribution in [3.63, 3.8) is 0 Å². The number of nitrogens with zero attached hydrogens (tertiary/aromatic N) is 4. The van der Waals surface area contributed by atoms with Crippen molar-refractivity contribution in [1.29, 1.82) is 0 Å². The number of sulfonamides is 1. The molecule has 15 nitrogen and oxygen atoms in total. The number of aliphatic carboxylic acids is 1. The van der Waals surface area contributed by atoms with E-state index < -0.39 is 50.2 Å². The van der Waals surface area contributed by atoms with Crippen molar-refractivity contribution >= 4 is 51.3 Å². The maximum absolute atomic E-state index is 13.5. The van der Waals surface area contributed by atoms with Crippen LogP contribution in [-0.4, -0.2) is 98.8 Å². The number of carbonyl (C=O) groups is 3. The molecule has 2 aliphatic heterocycles. The fourth-order valence-corrected chi connectivity index (χ4v) is 7.37. The molecule has 2 aliphatic rings. The van der Waals surface area contributed by atoms with Gasteiger partial charge in [0.1, 0.15) is 17.1 Å². The van der Waals surface area contributed by atoms with E-state index in [2.05, 4.69) is 30.7 Å². The molecule has 0 spiro atoms. The number of H-pyrrole nitrogens is 1. The van der Waals surface area contributed by atoms with Crippen LogP contribution in [0.15, 0.2) is 46.8 Å². The number of amides is 2. The van der Waals surface area contributed by atoms with E-state index in [1.807, 2.05) is 0 Å². The van der Waals surface area contributed by atoms with Gasteiger partial charge in [0, 0.05) is 24.7 Å². The molecule has 1 aromatic heterocycles. The third-order valence-corrected chi connectivity index (χ3v) is 9.34. The third-order valence-electron chi connectivity index (χ3n) is 6.07. The molecule has 0 aliphatic carbocycles. The number of hydrogen-bond acceptors (Lipinski definition) is 12. The number of benzene rings is 1. The number of aromatic nitrogens is 4. The minimum Gasteiger partial charge on any atom is -0.477 e. The first-order valence-electron chi connectivity index (χ1n) is 11.4. The van der Waals surface area contributed by atoms with E-state index in [9.17, 15) is 27.9 Å². The van der Waals surface area contributed by atoms with E-state index in [0.29, 0.717) is 11.1 Å². The van der Waals surface area contributed by atoms with Gasteiger partial charge in [-0.15, -0.1) is 16.9 Å². The first-order valence-corrected chi connectivity index (χ1v) is 15.2. The average Bonchev–Trinajstić information content (AvgIpc) is 3.42. The molecule has 0 bridgehead atoms. The number of nitrogens with one attached hydrogen (secondary N) is 3. The van der Waals surface area contributed by atoms with Gasteiger partial charge in [-0.1, -0.05) is 42.1 Å². The maximum atomic E-state index is 13.5. The Hall–Kier alpha value is -3.03. The van der Waals surface area contributed by atoms with Crippen LogP contribution >= 0.6 is 23.5 Å². The highest BCUT2D eigenvalue weighted by Gasteiger charge is 2.67. The molecule has 6 N–H and O–H groups in total. The monoisotopic (exact) mass is 598 g/mol. The topological polar surface area (TPSA) is 223 Å². The Morgan fingerprint density at radius 3 is 2.69 bits per heavy atom. The van der Waals surface area contributed by atoms with Gasteiger partial charge >= 0.3 is 5.97 Å². The molecular weight excluding hydrogens is 572 g/mol. The summed E-state index contributed by atoms with van der Waals surface area (Å²) in [5, 5.41) is 25.0. The summed E-state index contributed by atoms with van der Waals surface area (Å²) >= 11 is 2.30. The summed E-state index contributed by atoms with van der Waals surface area (Å²) in [5.74, 6) is -2.66. The smallest absolute Gasteiger partial charge is 0.352 e. The van der Waals surface area contributed by atoms with E-state index in [0.717, 1.165) is 22.9 Å². The Balaban J connectivity index is 1.62. The van der Waals surface area contributed by atoms with Gasteiger partial charge < -0.3 is 20.9 Å². The van der Waals surface area contributed by atoms with Gasteiger partial charge in [-0.05, 0) is 28.0 Å². The number of carbonyl (C=O) groups excluding carboxylic acids is 2. The SMILES string of the molecule is CO[C@@]1(NC(=O)C(N)c2ccccc2)C(=O)N2C(C(=O)O)=C(C(CCNS(C)(=O)=O)Sc3nnn[nH]3)CS[C@H]21. The fourth-order valence-electron chi connectivity index (χ4n) is 4.24. The number of tetrazole rings is 1. The summed E-state index contributed by atoms with van der Waals surface area (Å²) in [6.07, 6.45) is 1.19. The number of rotatable bonds is 12. The summed E-state index contributed by atoms with van der Waals surface area (Å²) in [5.41, 5.74) is 4.89. The summed E-state index contributed by atoms with van der Waals surface area (Å²) in [7, 11) is -2.25. The van der Waals surface area contributed by atoms with Gasteiger partial charge in [-0.3, -0.25) is 14.5 Å². The zero-order chi connectivity index (χ0) is 28.4. The van der Waals surface area contributed by atoms with Gasteiger partial charge in [-0.2, -0.15) is 0 Å². The van der Waals surface area contributed by atoms with Crippen molar-refractivity contribution < 1.29 is 32.6 Å². The molecule has 18 heteroatoms. The van der Waals surface area contributed by atoms with E-state index in [1.165, 1.54) is 18.9 Å². The minimum absolute atomic E-state index is 0.00590. The van der Waals surface area contributed by atoms with Gasteiger partial charge in [-0.25, -0.2) is 23.0 Å². The highest BCUT2D eigenvalue weighted by molar-refractivity contribution is 8.01. The number of thioether (sulfide) groups is 2. The summed E-state index contributed by atoms with van der Waals surface area (Å²) in [4.78, 5) is 40.0. The lowest BCUT2D eigenvalue weighted by molar-refractivity contribution is -0.192. The van der Waals surface area contributed by atoms with Crippen LogP contribution in [0.4, 0.5) is 0 Å². The minimum atomic E-state index is -3.49. The zero-order valence-electron chi connectivity index (χ0n) is 20.7. The second-order valence-corrected chi connectivity index (χ2v) is 12.7. The van der Waals surface area contributed by atoms with Gasteiger partial charge in [0.2, 0.25) is 21.1 Å². The first kappa shape index (κ1) is 29.0. The number of aromatic amines is 1. The van der Waals surface area contributed by atoms with Crippen LogP contribution in [0.1, 0.15) is 18.0 Å². The standard InChI is InChI=1S/C21H26N8O7S3/c1-36-21(24-16(30)14(22)11-6-4-3-5-7-11)18(33)29-15(17(31)32)12(10-37-19(21)29)13(8-9-23-39(2,34)35)38-20-25-27-28-26-20/h3-7,13-14,19,23H,8-10,22H2,1-2H3,(H,24,30)(H,31,32)(H,25,26,27,28)/t13?,14?,19-,21-/m0/s1. The molecule has 39 heavy (non-hydrogen) atoms. The Morgan fingerprint density at radius 1 is 1.38 bits per heavy atom. The number of carboxylic acids is 1. The second-order valence-electron chi connectivity index (χ2n) is 8.60. The van der Waals surface area contributed by atoms with Crippen LogP contribution in [0.5, 0.6) is 0 Å². The highest BCUT2D eigenvalue weighted by atomic mass is 32.2. The van der Waals surface area contributed by atoms with Crippen molar-refractivity contribution in [2.45, 2.75) is 34.0 Å². The molecule has 1 fully saturated rings. The molecule has 2 aromatic rings. The number of nitrogens with two attached hydrogens (primary N) is 1. The molecule has 1 saturated heterocycles. The van der Waals surface area contributed by atoms with Crippen LogP contribution in [0.2, 0.25) is 0 Å². The lowest BCUT2D eigenvalue weighted by Crippen LogP contribution is -2.81. The van der Waals surface area contributed by atoms with Crippen molar-refractivity contribution in [3.05, 3.63) is 47.2 Å². The first-order chi connectivity index (χ1) is 18.5. The number of fused-ring (bicyclic) bond motifs is 1. The molecule has 210 valence electrons. The van der Waals surface area contributed by atoms with Crippen molar-refractivity contribution in [2.24, 2.45) is 5.73 Å². The Kier molecular flexibility index (Phi) is 8.62. The molecule has 1 aromatic carbocycles. The molecule has 2 amide bonds. The molecular formula is C21H26N8O7S3. The number of hydrogen-bond donors (Lipinski definition) is 5. The quantitative estimate of drug-likeness (QED) is 0.113. The summed E-state index contributed by atoms with van der Waals surface area (Å²) in [6, 6.07) is 7.48.